The third-order valence-corrected chi connectivity index (χ3v) is 5.34. The van der Waals surface area contributed by atoms with E-state index in [2.05, 4.69) is 15.4 Å². The number of aromatic nitrogens is 4. The highest BCUT2D eigenvalue weighted by atomic mass is 16.2. The molecule has 6 heteroatoms. The molecular formula is C22H21N5O. The van der Waals surface area contributed by atoms with Gasteiger partial charge in [0, 0.05) is 17.8 Å². The molecule has 1 aliphatic rings. The smallest absolute Gasteiger partial charge is 0.278 e. The topological polar surface area (TPSA) is 64.7 Å². The minimum absolute atomic E-state index is 0.196. The molecule has 0 bridgehead atoms. The van der Waals surface area contributed by atoms with E-state index in [1.807, 2.05) is 70.8 Å². The molecular weight excluding hydrogens is 350 g/mol. The lowest BCUT2D eigenvalue weighted by Crippen LogP contribution is -2.18. The molecule has 140 valence electrons. The van der Waals surface area contributed by atoms with E-state index in [1.165, 1.54) is 0 Å². The Balaban J connectivity index is 1.53. The Bertz CT molecular complexity index is 1170. The van der Waals surface area contributed by atoms with Crippen LogP contribution in [0.5, 0.6) is 0 Å². The Morgan fingerprint density at radius 3 is 2.68 bits per heavy atom. The van der Waals surface area contributed by atoms with E-state index in [4.69, 9.17) is 0 Å². The summed E-state index contributed by atoms with van der Waals surface area (Å²) >= 11 is 0. The standard InChI is InChI=1S/C22H21N5O/c1-2-26-19-13-7-6-12-17(19)23-22(26)24-21(28)20-16-11-8-14-18(16)27(25-20)15-9-4-3-5-10-15/h3-7,9-10,12-13H,2,8,11,14H2,1H3,(H,23,24,28). The molecule has 0 saturated heterocycles. The lowest BCUT2D eigenvalue weighted by atomic mass is 10.2. The molecule has 0 fully saturated rings. The Labute approximate surface area is 162 Å². The Morgan fingerprint density at radius 2 is 1.86 bits per heavy atom. The first-order chi connectivity index (χ1) is 13.8. The van der Waals surface area contributed by atoms with Crippen LogP contribution in [0.3, 0.4) is 0 Å². The third kappa shape index (κ3) is 2.60. The van der Waals surface area contributed by atoms with Gasteiger partial charge in [0.15, 0.2) is 5.69 Å². The number of carbonyl (C=O) groups excluding carboxylic acids is 1. The molecule has 1 N–H and O–H groups in total. The first-order valence-corrected chi connectivity index (χ1v) is 9.69. The van der Waals surface area contributed by atoms with Crippen LogP contribution in [0.1, 0.15) is 35.1 Å². The van der Waals surface area contributed by atoms with Crippen molar-refractivity contribution in [2.24, 2.45) is 0 Å². The first-order valence-electron chi connectivity index (χ1n) is 9.69. The van der Waals surface area contributed by atoms with Gasteiger partial charge >= 0.3 is 0 Å². The average Bonchev–Trinajstić information content (AvgIpc) is 3.41. The maximum atomic E-state index is 13.1. The van der Waals surface area contributed by atoms with Crippen molar-refractivity contribution in [1.82, 2.24) is 19.3 Å². The van der Waals surface area contributed by atoms with Crippen molar-refractivity contribution in [2.75, 3.05) is 5.32 Å². The fraction of sp³-hybridized carbons (Fsp3) is 0.227. The first kappa shape index (κ1) is 16.7. The molecule has 2 heterocycles. The van der Waals surface area contributed by atoms with Crippen LogP contribution in [0, 0.1) is 0 Å². The second-order valence-corrected chi connectivity index (χ2v) is 7.00. The number of hydrogen-bond acceptors (Lipinski definition) is 3. The fourth-order valence-corrected chi connectivity index (χ4v) is 4.05. The van der Waals surface area contributed by atoms with E-state index in [-0.39, 0.29) is 5.91 Å². The molecule has 28 heavy (non-hydrogen) atoms. The molecule has 0 atom stereocenters. The zero-order chi connectivity index (χ0) is 19.1. The number of anilines is 1. The monoisotopic (exact) mass is 371 g/mol. The van der Waals surface area contributed by atoms with Gasteiger partial charge in [-0.15, -0.1) is 0 Å². The number of aryl methyl sites for hydroxylation is 1. The van der Waals surface area contributed by atoms with Crippen molar-refractivity contribution >= 4 is 22.9 Å². The van der Waals surface area contributed by atoms with Gasteiger partial charge < -0.3 is 4.57 Å². The molecule has 0 saturated carbocycles. The van der Waals surface area contributed by atoms with E-state index in [0.29, 0.717) is 11.6 Å². The van der Waals surface area contributed by atoms with Crippen LogP contribution in [-0.2, 0) is 19.4 Å². The minimum atomic E-state index is -0.196. The van der Waals surface area contributed by atoms with Crippen molar-refractivity contribution in [3.8, 4) is 5.69 Å². The van der Waals surface area contributed by atoms with Crippen LogP contribution in [0.15, 0.2) is 54.6 Å². The number of rotatable bonds is 4. The molecule has 0 aliphatic heterocycles. The molecule has 1 amide bonds. The number of nitrogens with zero attached hydrogens (tertiary/aromatic N) is 4. The number of imidazole rings is 1. The van der Waals surface area contributed by atoms with Gasteiger partial charge in [-0.1, -0.05) is 30.3 Å². The molecule has 1 aliphatic carbocycles. The summed E-state index contributed by atoms with van der Waals surface area (Å²) in [6.07, 6.45) is 2.88. The summed E-state index contributed by atoms with van der Waals surface area (Å²) in [6.45, 7) is 2.78. The van der Waals surface area contributed by atoms with Gasteiger partial charge in [0.05, 0.1) is 16.7 Å². The molecule has 6 nitrogen and oxygen atoms in total. The Hall–Kier alpha value is -3.41. The number of para-hydroxylation sites is 3. The van der Waals surface area contributed by atoms with Crippen LogP contribution in [-0.4, -0.2) is 25.2 Å². The van der Waals surface area contributed by atoms with Crippen LogP contribution in [0.4, 0.5) is 5.95 Å². The highest BCUT2D eigenvalue weighted by Crippen LogP contribution is 2.28. The Morgan fingerprint density at radius 1 is 1.07 bits per heavy atom. The van der Waals surface area contributed by atoms with Crippen LogP contribution in [0.25, 0.3) is 16.7 Å². The predicted octanol–water partition coefficient (Wildman–Crippen LogP) is 3.98. The van der Waals surface area contributed by atoms with Crippen LogP contribution < -0.4 is 5.32 Å². The predicted molar refractivity (Wildman–Crippen MR) is 109 cm³/mol. The van der Waals surface area contributed by atoms with Gasteiger partial charge in [0.1, 0.15) is 0 Å². The summed E-state index contributed by atoms with van der Waals surface area (Å²) in [5, 5.41) is 7.67. The summed E-state index contributed by atoms with van der Waals surface area (Å²) in [5.74, 6) is 0.368. The van der Waals surface area contributed by atoms with Crippen LogP contribution >= 0.6 is 0 Å². The number of benzene rings is 2. The number of hydrogen-bond donors (Lipinski definition) is 1. The lowest BCUT2D eigenvalue weighted by molar-refractivity contribution is 0.102. The normalized spacial score (nSPS) is 13.0. The maximum Gasteiger partial charge on any atom is 0.278 e. The quantitative estimate of drug-likeness (QED) is 0.590. The molecule has 2 aromatic carbocycles. The number of nitrogens with one attached hydrogen (secondary N) is 1. The van der Waals surface area contributed by atoms with Gasteiger partial charge in [0.2, 0.25) is 5.95 Å². The maximum absolute atomic E-state index is 13.1. The molecule has 4 aromatic rings. The minimum Gasteiger partial charge on any atom is -0.310 e. The number of fused-ring (bicyclic) bond motifs is 2. The highest BCUT2D eigenvalue weighted by Gasteiger charge is 2.27. The van der Waals surface area contributed by atoms with Gasteiger partial charge in [-0.25, -0.2) is 9.67 Å². The highest BCUT2D eigenvalue weighted by molar-refractivity contribution is 6.04. The zero-order valence-corrected chi connectivity index (χ0v) is 15.7. The summed E-state index contributed by atoms with van der Waals surface area (Å²) in [5.41, 5.74) is 5.58. The second kappa shape index (κ2) is 6.64. The summed E-state index contributed by atoms with van der Waals surface area (Å²) in [4.78, 5) is 17.7. The number of amides is 1. The summed E-state index contributed by atoms with van der Waals surface area (Å²) in [7, 11) is 0. The third-order valence-electron chi connectivity index (χ3n) is 5.34. The van der Waals surface area contributed by atoms with Gasteiger partial charge in [-0.3, -0.25) is 10.1 Å². The van der Waals surface area contributed by atoms with E-state index < -0.39 is 0 Å². The van der Waals surface area contributed by atoms with Gasteiger partial charge in [0.25, 0.3) is 5.91 Å². The molecule has 0 spiro atoms. The van der Waals surface area contributed by atoms with Gasteiger partial charge in [-0.2, -0.15) is 5.10 Å². The Kier molecular flexibility index (Phi) is 3.97. The number of carbonyl (C=O) groups is 1. The van der Waals surface area contributed by atoms with E-state index in [0.717, 1.165) is 53.8 Å². The van der Waals surface area contributed by atoms with Gasteiger partial charge in [-0.05, 0) is 50.5 Å². The van der Waals surface area contributed by atoms with Crippen molar-refractivity contribution in [2.45, 2.75) is 32.7 Å². The zero-order valence-electron chi connectivity index (χ0n) is 15.7. The van der Waals surface area contributed by atoms with E-state index >= 15 is 0 Å². The van der Waals surface area contributed by atoms with Crippen LogP contribution in [0.2, 0.25) is 0 Å². The van der Waals surface area contributed by atoms with Crippen molar-refractivity contribution in [1.29, 1.82) is 0 Å². The van der Waals surface area contributed by atoms with Crippen molar-refractivity contribution < 1.29 is 4.79 Å². The lowest BCUT2D eigenvalue weighted by Gasteiger charge is -2.07. The molecule has 5 rings (SSSR count). The second-order valence-electron chi connectivity index (χ2n) is 7.00. The summed E-state index contributed by atoms with van der Waals surface area (Å²) < 4.78 is 3.93. The average molecular weight is 371 g/mol. The fourth-order valence-electron chi connectivity index (χ4n) is 4.05. The van der Waals surface area contributed by atoms with Crippen molar-refractivity contribution in [3.63, 3.8) is 0 Å². The molecule has 0 radical (unpaired) electrons. The summed E-state index contributed by atoms with van der Waals surface area (Å²) in [6, 6.07) is 17.9. The van der Waals surface area contributed by atoms with E-state index in [1.54, 1.807) is 0 Å². The molecule has 2 aromatic heterocycles. The van der Waals surface area contributed by atoms with E-state index in [9.17, 15) is 4.79 Å². The molecule has 0 unspecified atom stereocenters. The van der Waals surface area contributed by atoms with Crippen molar-refractivity contribution in [3.05, 3.63) is 71.5 Å². The largest absolute Gasteiger partial charge is 0.310 e. The SMILES string of the molecule is CCn1c(NC(=O)c2nn(-c3ccccc3)c3c2CCC3)nc2ccccc21.